The Morgan fingerprint density at radius 2 is 1.94 bits per heavy atom. The largest absolute Gasteiger partial charge is 0.444 e. The lowest BCUT2D eigenvalue weighted by molar-refractivity contribution is -0.118. The zero-order chi connectivity index (χ0) is 24.5. The summed E-state index contributed by atoms with van der Waals surface area (Å²) in [5.74, 6) is 0.212. The summed E-state index contributed by atoms with van der Waals surface area (Å²) in [6.45, 7) is 8.51. The van der Waals surface area contributed by atoms with E-state index in [1.807, 2.05) is 39.8 Å². The molecule has 4 rings (SSSR count). The van der Waals surface area contributed by atoms with E-state index in [1.54, 1.807) is 17.2 Å². The fraction of sp³-hybridized carbons (Fsp3) is 0.500. The highest BCUT2D eigenvalue weighted by molar-refractivity contribution is 7.19. The highest BCUT2D eigenvalue weighted by atomic mass is 32.1. The van der Waals surface area contributed by atoms with E-state index in [1.165, 1.54) is 15.9 Å². The van der Waals surface area contributed by atoms with Gasteiger partial charge in [-0.3, -0.25) is 14.6 Å². The standard InChI is InChI=1S/C24H29N5O4S/c1-5-18(30)13-17-12-16(6-9-25-17)21-27-29-20(31)14-19(26-22(29)34-21)15-7-10-28(11-8-15)23(32)33-24(2,3)4/h6,9,12,14-15H,5,7-8,10-11,13H2,1-4H3. The lowest BCUT2D eigenvalue weighted by Crippen LogP contribution is -2.41. The molecule has 1 aliphatic rings. The van der Waals surface area contributed by atoms with E-state index >= 15 is 0 Å². The van der Waals surface area contributed by atoms with Gasteiger partial charge in [-0.05, 0) is 45.7 Å². The monoisotopic (exact) mass is 483 g/mol. The van der Waals surface area contributed by atoms with Gasteiger partial charge in [-0.2, -0.15) is 9.61 Å². The molecule has 4 heterocycles. The van der Waals surface area contributed by atoms with Crippen molar-refractivity contribution >= 4 is 28.2 Å². The van der Waals surface area contributed by atoms with Gasteiger partial charge in [-0.15, -0.1) is 0 Å². The number of nitrogens with zero attached hydrogens (tertiary/aromatic N) is 5. The molecule has 0 spiro atoms. The Bertz CT molecular complexity index is 1270. The fourth-order valence-corrected chi connectivity index (χ4v) is 4.78. The van der Waals surface area contributed by atoms with E-state index in [9.17, 15) is 14.4 Å². The van der Waals surface area contributed by atoms with Gasteiger partial charge in [0.15, 0.2) is 0 Å². The lowest BCUT2D eigenvalue weighted by atomic mass is 9.93. The molecule has 3 aromatic heterocycles. The Morgan fingerprint density at radius 3 is 2.62 bits per heavy atom. The first kappa shape index (κ1) is 24.0. The van der Waals surface area contributed by atoms with Crippen molar-refractivity contribution in [1.29, 1.82) is 0 Å². The molecule has 3 aromatic rings. The molecule has 0 aromatic carbocycles. The number of piperidine rings is 1. The lowest BCUT2D eigenvalue weighted by Gasteiger charge is -2.33. The average molecular weight is 484 g/mol. The second kappa shape index (κ2) is 9.61. The summed E-state index contributed by atoms with van der Waals surface area (Å²) in [6, 6.07) is 5.20. The van der Waals surface area contributed by atoms with Crippen molar-refractivity contribution in [1.82, 2.24) is 24.5 Å². The Balaban J connectivity index is 1.52. The third kappa shape index (κ3) is 5.49. The first-order valence-electron chi connectivity index (χ1n) is 11.5. The smallest absolute Gasteiger partial charge is 0.410 e. The van der Waals surface area contributed by atoms with Crippen LogP contribution in [0.5, 0.6) is 0 Å². The van der Waals surface area contributed by atoms with Gasteiger partial charge < -0.3 is 9.64 Å². The molecular weight excluding hydrogens is 454 g/mol. The third-order valence-electron chi connectivity index (χ3n) is 5.67. The van der Waals surface area contributed by atoms with Gasteiger partial charge in [0.1, 0.15) is 16.4 Å². The van der Waals surface area contributed by atoms with Crippen LogP contribution in [-0.4, -0.2) is 55.0 Å². The van der Waals surface area contributed by atoms with E-state index in [2.05, 4.69) is 10.1 Å². The molecule has 0 aliphatic carbocycles. The maximum absolute atomic E-state index is 12.8. The molecule has 10 heteroatoms. The van der Waals surface area contributed by atoms with Crippen molar-refractivity contribution in [3.63, 3.8) is 0 Å². The normalized spacial score (nSPS) is 15.0. The van der Waals surface area contributed by atoms with Gasteiger partial charge >= 0.3 is 6.09 Å². The second-order valence-electron chi connectivity index (χ2n) is 9.47. The number of amides is 1. The van der Waals surface area contributed by atoms with E-state index < -0.39 is 5.60 Å². The van der Waals surface area contributed by atoms with Gasteiger partial charge in [0.2, 0.25) is 4.96 Å². The number of pyridine rings is 1. The van der Waals surface area contributed by atoms with Crippen molar-refractivity contribution in [3.05, 3.63) is 46.1 Å². The highest BCUT2D eigenvalue weighted by Gasteiger charge is 2.28. The van der Waals surface area contributed by atoms with Crippen LogP contribution in [-0.2, 0) is 16.0 Å². The van der Waals surface area contributed by atoms with E-state index in [0.717, 1.165) is 11.3 Å². The molecule has 0 radical (unpaired) electrons. The Labute approximate surface area is 201 Å². The summed E-state index contributed by atoms with van der Waals surface area (Å²) < 4.78 is 6.78. The first-order chi connectivity index (χ1) is 16.1. The minimum absolute atomic E-state index is 0.0921. The maximum atomic E-state index is 12.8. The molecule has 180 valence electrons. The van der Waals surface area contributed by atoms with Crippen LogP contribution in [0.25, 0.3) is 15.5 Å². The predicted octanol–water partition coefficient (Wildman–Crippen LogP) is 3.85. The molecule has 1 aliphatic heterocycles. The number of ether oxygens (including phenoxy) is 1. The minimum Gasteiger partial charge on any atom is -0.444 e. The number of carbonyl (C=O) groups is 2. The average Bonchev–Trinajstić information content (AvgIpc) is 3.23. The van der Waals surface area contributed by atoms with Gasteiger partial charge in [0.25, 0.3) is 5.56 Å². The van der Waals surface area contributed by atoms with Crippen molar-refractivity contribution in [2.24, 2.45) is 0 Å². The van der Waals surface area contributed by atoms with Crippen molar-refractivity contribution in [2.75, 3.05) is 13.1 Å². The van der Waals surface area contributed by atoms with Crippen LogP contribution in [0.4, 0.5) is 4.79 Å². The molecule has 1 fully saturated rings. The molecular formula is C24H29N5O4S. The van der Waals surface area contributed by atoms with Gasteiger partial charge in [0, 0.05) is 55.4 Å². The molecule has 34 heavy (non-hydrogen) atoms. The molecule has 0 N–H and O–H groups in total. The van der Waals surface area contributed by atoms with Gasteiger partial charge in [0.05, 0.1) is 5.69 Å². The summed E-state index contributed by atoms with van der Waals surface area (Å²) in [5, 5.41) is 5.10. The zero-order valence-electron chi connectivity index (χ0n) is 19.9. The number of rotatable bonds is 5. The van der Waals surface area contributed by atoms with Gasteiger partial charge in [-0.1, -0.05) is 18.3 Å². The zero-order valence-corrected chi connectivity index (χ0v) is 20.7. The van der Waals surface area contributed by atoms with Crippen LogP contribution >= 0.6 is 11.3 Å². The van der Waals surface area contributed by atoms with E-state index in [-0.39, 0.29) is 29.8 Å². The van der Waals surface area contributed by atoms with Crippen molar-refractivity contribution < 1.29 is 14.3 Å². The Hall–Kier alpha value is -3.14. The second-order valence-corrected chi connectivity index (χ2v) is 10.4. The Kier molecular flexibility index (Phi) is 6.79. The summed E-state index contributed by atoms with van der Waals surface area (Å²) in [5.41, 5.74) is 1.46. The summed E-state index contributed by atoms with van der Waals surface area (Å²) in [7, 11) is 0. The fourth-order valence-electron chi connectivity index (χ4n) is 3.87. The number of Topliss-reactive ketones (excluding diaryl/α,β-unsaturated/α-hetero) is 1. The molecule has 9 nitrogen and oxygen atoms in total. The molecule has 0 unspecified atom stereocenters. The van der Waals surface area contributed by atoms with Crippen molar-refractivity contribution in [2.45, 2.75) is 64.9 Å². The van der Waals surface area contributed by atoms with E-state index in [4.69, 9.17) is 9.72 Å². The van der Waals surface area contributed by atoms with Crippen LogP contribution in [0.3, 0.4) is 0 Å². The molecule has 0 bridgehead atoms. The van der Waals surface area contributed by atoms with Crippen LogP contribution in [0.2, 0.25) is 0 Å². The quantitative estimate of drug-likeness (QED) is 0.542. The number of hydrogen-bond donors (Lipinski definition) is 0. The predicted molar refractivity (Wildman–Crippen MR) is 129 cm³/mol. The molecule has 1 saturated heterocycles. The number of likely N-dealkylation sites (tertiary alicyclic amines) is 1. The molecule has 1 amide bonds. The Morgan fingerprint density at radius 1 is 1.21 bits per heavy atom. The van der Waals surface area contributed by atoms with E-state index in [0.29, 0.717) is 48.0 Å². The number of hydrogen-bond acceptors (Lipinski definition) is 8. The number of ketones is 1. The van der Waals surface area contributed by atoms with Gasteiger partial charge in [-0.25, -0.2) is 9.78 Å². The van der Waals surface area contributed by atoms with Crippen LogP contribution in [0, 0.1) is 0 Å². The minimum atomic E-state index is -0.528. The molecule has 0 saturated carbocycles. The SMILES string of the molecule is CCC(=O)Cc1cc(-c2nn3c(=O)cc(C4CCN(C(=O)OC(C)(C)C)CC4)nc3s2)ccn1. The number of carbonyl (C=O) groups excluding carboxylic acids is 2. The third-order valence-corrected chi connectivity index (χ3v) is 6.62. The maximum Gasteiger partial charge on any atom is 0.410 e. The molecule has 0 atom stereocenters. The summed E-state index contributed by atoms with van der Waals surface area (Å²) >= 11 is 1.33. The summed E-state index contributed by atoms with van der Waals surface area (Å²) in [6.07, 6.45) is 3.52. The first-order valence-corrected chi connectivity index (χ1v) is 12.3. The van der Waals surface area contributed by atoms with Crippen LogP contribution in [0.1, 0.15) is 64.3 Å². The summed E-state index contributed by atoms with van der Waals surface area (Å²) in [4.78, 5) is 48.1. The van der Waals surface area contributed by atoms with Crippen LogP contribution < -0.4 is 5.56 Å². The van der Waals surface area contributed by atoms with Crippen molar-refractivity contribution in [3.8, 4) is 10.6 Å². The highest BCUT2D eigenvalue weighted by Crippen LogP contribution is 2.29. The number of aromatic nitrogens is 4. The van der Waals surface area contributed by atoms with Crippen LogP contribution in [0.15, 0.2) is 29.2 Å². The number of fused-ring (bicyclic) bond motifs is 1. The topological polar surface area (TPSA) is 107 Å².